The van der Waals surface area contributed by atoms with Crippen LogP contribution in [0.25, 0.3) is 0 Å². The lowest BCUT2D eigenvalue weighted by Gasteiger charge is -2.07. The summed E-state index contributed by atoms with van der Waals surface area (Å²) in [6.45, 7) is 3.26. The number of aliphatic hydroxyl groups excluding tert-OH is 3. The van der Waals surface area contributed by atoms with Gasteiger partial charge in [-0.3, -0.25) is 4.79 Å². The molecule has 0 aliphatic heterocycles. The van der Waals surface area contributed by atoms with Crippen molar-refractivity contribution in [2.75, 3.05) is 19.8 Å². The average Bonchev–Trinajstić information content (AvgIpc) is 2.31. The van der Waals surface area contributed by atoms with Crippen LogP contribution in [0.4, 0.5) is 0 Å². The normalized spacial score (nSPS) is 9.00. The quantitative estimate of drug-likeness (QED) is 0.231. The largest absolute Gasteiger partial charge is 0.396 e. The summed E-state index contributed by atoms with van der Waals surface area (Å²) in [5, 5.41) is 25.4. The van der Waals surface area contributed by atoms with E-state index in [2.05, 4.69) is 11.3 Å². The van der Waals surface area contributed by atoms with Crippen molar-refractivity contribution in [3.63, 3.8) is 0 Å². The summed E-state index contributed by atoms with van der Waals surface area (Å²) in [4.78, 5) is 19.1. The monoisotopic (exact) mass is 234 g/mol. The molecule has 0 radical (unpaired) electrons. The van der Waals surface area contributed by atoms with E-state index in [-0.39, 0.29) is 32.2 Å². The lowest BCUT2D eigenvalue weighted by molar-refractivity contribution is -0.147. The SMILES string of the molecule is C=CC(=O)OC=O.OCCCC(CO)CO. The molecule has 0 spiro atoms. The van der Waals surface area contributed by atoms with Crippen molar-refractivity contribution in [3.05, 3.63) is 12.7 Å². The van der Waals surface area contributed by atoms with Crippen LogP contribution in [0.3, 0.4) is 0 Å². The van der Waals surface area contributed by atoms with E-state index >= 15 is 0 Å². The molecule has 0 saturated carbocycles. The summed E-state index contributed by atoms with van der Waals surface area (Å²) in [6.07, 6.45) is 2.27. The van der Waals surface area contributed by atoms with Crippen molar-refractivity contribution < 1.29 is 29.6 Å². The first-order chi connectivity index (χ1) is 7.65. The van der Waals surface area contributed by atoms with E-state index < -0.39 is 5.97 Å². The van der Waals surface area contributed by atoms with E-state index in [4.69, 9.17) is 15.3 Å². The molecular weight excluding hydrogens is 216 g/mol. The predicted molar refractivity (Wildman–Crippen MR) is 56.3 cm³/mol. The Morgan fingerprint density at radius 3 is 2.12 bits per heavy atom. The van der Waals surface area contributed by atoms with Gasteiger partial charge in [0.2, 0.25) is 0 Å². The average molecular weight is 234 g/mol. The van der Waals surface area contributed by atoms with Crippen LogP contribution in [-0.4, -0.2) is 47.6 Å². The van der Waals surface area contributed by atoms with Crippen molar-refractivity contribution in [2.45, 2.75) is 12.8 Å². The molecule has 0 atom stereocenters. The lowest BCUT2D eigenvalue weighted by atomic mass is 10.1. The van der Waals surface area contributed by atoms with Crippen molar-refractivity contribution in [2.24, 2.45) is 5.92 Å². The van der Waals surface area contributed by atoms with Gasteiger partial charge in [0, 0.05) is 31.8 Å². The molecule has 6 nitrogen and oxygen atoms in total. The molecule has 0 rings (SSSR count). The number of esters is 1. The molecule has 0 saturated heterocycles. The van der Waals surface area contributed by atoms with Crippen molar-refractivity contribution >= 4 is 12.4 Å². The number of carbonyl (C=O) groups is 2. The molecule has 94 valence electrons. The second-order valence-corrected chi connectivity index (χ2v) is 2.83. The maximum absolute atomic E-state index is 9.84. The Bertz CT molecular complexity index is 188. The highest BCUT2D eigenvalue weighted by Crippen LogP contribution is 2.02. The van der Waals surface area contributed by atoms with E-state index in [1.807, 2.05) is 0 Å². The first-order valence-electron chi connectivity index (χ1n) is 4.75. The summed E-state index contributed by atoms with van der Waals surface area (Å²) >= 11 is 0. The Morgan fingerprint density at radius 2 is 1.88 bits per heavy atom. The molecule has 3 N–H and O–H groups in total. The molecular formula is C10H18O6. The highest BCUT2D eigenvalue weighted by Gasteiger charge is 2.03. The van der Waals surface area contributed by atoms with Crippen molar-refractivity contribution in [3.8, 4) is 0 Å². The minimum atomic E-state index is -0.727. The molecule has 0 aliphatic carbocycles. The second-order valence-electron chi connectivity index (χ2n) is 2.83. The lowest BCUT2D eigenvalue weighted by Crippen LogP contribution is -2.11. The van der Waals surface area contributed by atoms with Gasteiger partial charge in [-0.05, 0) is 12.8 Å². The number of hydrogen-bond donors (Lipinski definition) is 3. The first-order valence-corrected chi connectivity index (χ1v) is 4.75. The molecule has 6 heteroatoms. The standard InChI is InChI=1S/C6H14O3.C4H4O3/c7-3-1-2-6(4-8)5-9;1-2-4(6)7-3-5/h6-9H,1-5H2;2-3H,1H2. The fourth-order valence-corrected chi connectivity index (χ4v) is 0.716. The minimum Gasteiger partial charge on any atom is -0.396 e. The molecule has 0 bridgehead atoms. The number of hydrogen-bond acceptors (Lipinski definition) is 6. The van der Waals surface area contributed by atoms with Gasteiger partial charge in [0.25, 0.3) is 0 Å². The van der Waals surface area contributed by atoms with Gasteiger partial charge >= 0.3 is 12.4 Å². The molecule has 0 aromatic rings. The second kappa shape index (κ2) is 13.8. The Morgan fingerprint density at radius 1 is 1.31 bits per heavy atom. The zero-order valence-electron chi connectivity index (χ0n) is 9.04. The molecule has 0 fully saturated rings. The highest BCUT2D eigenvalue weighted by molar-refractivity contribution is 5.85. The van der Waals surface area contributed by atoms with Crippen LogP contribution in [0, 0.1) is 5.92 Å². The van der Waals surface area contributed by atoms with Gasteiger partial charge in [0.05, 0.1) is 0 Å². The summed E-state index contributed by atoms with van der Waals surface area (Å²) in [7, 11) is 0. The van der Waals surface area contributed by atoms with Crippen LogP contribution < -0.4 is 0 Å². The van der Waals surface area contributed by atoms with Gasteiger partial charge in [-0.25, -0.2) is 4.79 Å². The molecule has 16 heavy (non-hydrogen) atoms. The molecule has 0 amide bonds. The van der Waals surface area contributed by atoms with Crippen molar-refractivity contribution in [1.29, 1.82) is 0 Å². The predicted octanol–water partition coefficient (Wildman–Crippen LogP) is -0.768. The number of ether oxygens (including phenoxy) is 1. The van der Waals surface area contributed by atoms with E-state index in [0.717, 1.165) is 6.08 Å². The van der Waals surface area contributed by atoms with Gasteiger partial charge in [0.15, 0.2) is 0 Å². The van der Waals surface area contributed by atoms with E-state index in [1.165, 1.54) is 0 Å². The van der Waals surface area contributed by atoms with Gasteiger partial charge < -0.3 is 20.1 Å². The first kappa shape index (κ1) is 17.2. The molecule has 0 aliphatic rings. The van der Waals surface area contributed by atoms with Crippen LogP contribution in [0.1, 0.15) is 12.8 Å². The fourth-order valence-electron chi connectivity index (χ4n) is 0.716. The Balaban J connectivity index is 0. The summed E-state index contributed by atoms with van der Waals surface area (Å²) in [5.74, 6) is -0.771. The Labute approximate surface area is 94.2 Å². The zero-order valence-corrected chi connectivity index (χ0v) is 9.04. The number of rotatable bonds is 7. The van der Waals surface area contributed by atoms with Gasteiger partial charge in [-0.1, -0.05) is 6.58 Å². The van der Waals surface area contributed by atoms with Crippen LogP contribution in [0.2, 0.25) is 0 Å². The summed E-state index contributed by atoms with van der Waals surface area (Å²) in [6, 6.07) is 0. The van der Waals surface area contributed by atoms with Gasteiger partial charge in [-0.2, -0.15) is 0 Å². The maximum atomic E-state index is 9.84. The summed E-state index contributed by atoms with van der Waals surface area (Å²) < 4.78 is 3.75. The van der Waals surface area contributed by atoms with Gasteiger partial charge in [0.1, 0.15) is 0 Å². The molecule has 0 aromatic heterocycles. The smallest absolute Gasteiger partial charge is 0.337 e. The topological polar surface area (TPSA) is 104 Å². The molecule has 0 heterocycles. The molecule has 0 aromatic carbocycles. The third-order valence-electron chi connectivity index (χ3n) is 1.62. The van der Waals surface area contributed by atoms with Crippen LogP contribution in [-0.2, 0) is 14.3 Å². The maximum Gasteiger partial charge on any atom is 0.337 e. The third-order valence-corrected chi connectivity index (χ3v) is 1.62. The van der Waals surface area contributed by atoms with Gasteiger partial charge in [-0.15, -0.1) is 0 Å². The minimum absolute atomic E-state index is 0.0104. The molecule has 0 unspecified atom stereocenters. The van der Waals surface area contributed by atoms with E-state index in [9.17, 15) is 9.59 Å². The fraction of sp³-hybridized carbons (Fsp3) is 0.600. The van der Waals surface area contributed by atoms with Crippen LogP contribution >= 0.6 is 0 Å². The Hall–Kier alpha value is -1.24. The highest BCUT2D eigenvalue weighted by atomic mass is 16.6. The van der Waals surface area contributed by atoms with E-state index in [0.29, 0.717) is 12.8 Å². The van der Waals surface area contributed by atoms with Crippen LogP contribution in [0.5, 0.6) is 0 Å². The van der Waals surface area contributed by atoms with Crippen molar-refractivity contribution in [1.82, 2.24) is 0 Å². The summed E-state index contributed by atoms with van der Waals surface area (Å²) in [5.41, 5.74) is 0. The third kappa shape index (κ3) is 12.8. The Kier molecular flexibility index (Phi) is 14.8. The van der Waals surface area contributed by atoms with Crippen LogP contribution in [0.15, 0.2) is 12.7 Å². The zero-order chi connectivity index (χ0) is 12.8. The number of aliphatic hydroxyl groups is 3. The van der Waals surface area contributed by atoms with E-state index in [1.54, 1.807) is 0 Å². The number of carbonyl (C=O) groups excluding carboxylic acids is 2.